The molecule has 5 nitrogen and oxygen atoms in total. The molecule has 4 rings (SSSR count). The van der Waals surface area contributed by atoms with E-state index in [0.717, 1.165) is 29.1 Å². The van der Waals surface area contributed by atoms with E-state index in [-0.39, 0.29) is 5.91 Å². The van der Waals surface area contributed by atoms with Crippen molar-refractivity contribution in [3.05, 3.63) is 59.4 Å². The molecule has 0 unspecified atom stereocenters. The summed E-state index contributed by atoms with van der Waals surface area (Å²) < 4.78 is 0. The van der Waals surface area contributed by atoms with Crippen LogP contribution in [0.3, 0.4) is 0 Å². The second-order valence-electron chi connectivity index (χ2n) is 5.71. The number of rotatable bonds is 2. The van der Waals surface area contributed by atoms with Crippen LogP contribution in [0.5, 0.6) is 0 Å². The Morgan fingerprint density at radius 1 is 1.13 bits per heavy atom. The molecule has 0 atom stereocenters. The highest BCUT2D eigenvalue weighted by atomic mass is 16.1. The lowest BCUT2D eigenvalue weighted by atomic mass is 10.1. The van der Waals surface area contributed by atoms with Crippen LogP contribution in [-0.4, -0.2) is 27.4 Å². The Balaban J connectivity index is 1.74. The van der Waals surface area contributed by atoms with Gasteiger partial charge in [-0.15, -0.1) is 0 Å². The molecule has 5 heteroatoms. The van der Waals surface area contributed by atoms with E-state index < -0.39 is 0 Å². The SMILES string of the molecule is Cc1ccc(-c2nccc(-c3cc4c([nH]3)CCNC4=O)n2)cc1. The van der Waals surface area contributed by atoms with Gasteiger partial charge in [-0.25, -0.2) is 9.97 Å². The third kappa shape index (κ3) is 2.50. The van der Waals surface area contributed by atoms with Gasteiger partial charge in [-0.05, 0) is 19.1 Å². The Kier molecular flexibility index (Phi) is 3.19. The molecule has 114 valence electrons. The summed E-state index contributed by atoms with van der Waals surface area (Å²) in [5, 5.41) is 2.85. The summed E-state index contributed by atoms with van der Waals surface area (Å²) in [5.74, 6) is 0.654. The lowest BCUT2D eigenvalue weighted by Crippen LogP contribution is -2.31. The van der Waals surface area contributed by atoms with Gasteiger partial charge in [-0.1, -0.05) is 29.8 Å². The predicted molar refractivity (Wildman–Crippen MR) is 88.0 cm³/mol. The minimum absolute atomic E-state index is 0.0263. The van der Waals surface area contributed by atoms with Crippen LogP contribution in [0, 0.1) is 6.92 Å². The van der Waals surface area contributed by atoms with Gasteiger partial charge in [0.05, 0.1) is 17.0 Å². The number of aryl methyl sites for hydroxylation is 1. The molecule has 0 saturated carbocycles. The monoisotopic (exact) mass is 304 g/mol. The molecule has 1 aromatic carbocycles. The second-order valence-corrected chi connectivity index (χ2v) is 5.71. The molecule has 0 aliphatic carbocycles. The number of benzene rings is 1. The minimum atomic E-state index is -0.0263. The lowest BCUT2D eigenvalue weighted by molar-refractivity contribution is 0.0946. The van der Waals surface area contributed by atoms with Gasteiger partial charge in [0.2, 0.25) is 0 Å². The Labute approximate surface area is 133 Å². The fraction of sp³-hybridized carbons (Fsp3) is 0.167. The maximum Gasteiger partial charge on any atom is 0.253 e. The van der Waals surface area contributed by atoms with E-state index in [1.165, 1.54) is 5.56 Å². The van der Waals surface area contributed by atoms with Crippen LogP contribution in [0.25, 0.3) is 22.8 Å². The molecule has 0 spiro atoms. The predicted octanol–water partition coefficient (Wildman–Crippen LogP) is 2.73. The minimum Gasteiger partial charge on any atom is -0.356 e. The number of carbonyl (C=O) groups is 1. The van der Waals surface area contributed by atoms with Crippen molar-refractivity contribution in [2.75, 3.05) is 6.54 Å². The molecule has 0 radical (unpaired) electrons. The quantitative estimate of drug-likeness (QED) is 0.764. The Hall–Kier alpha value is -2.95. The Bertz CT molecular complexity index is 880. The third-order valence-electron chi connectivity index (χ3n) is 4.05. The van der Waals surface area contributed by atoms with Crippen LogP contribution in [0.1, 0.15) is 21.6 Å². The van der Waals surface area contributed by atoms with Crippen LogP contribution < -0.4 is 5.32 Å². The van der Waals surface area contributed by atoms with Crippen LogP contribution >= 0.6 is 0 Å². The van der Waals surface area contributed by atoms with E-state index in [2.05, 4.69) is 27.2 Å². The first kappa shape index (κ1) is 13.7. The number of H-pyrrole nitrogens is 1. The average Bonchev–Trinajstić information content (AvgIpc) is 3.01. The van der Waals surface area contributed by atoms with E-state index >= 15 is 0 Å². The zero-order valence-corrected chi connectivity index (χ0v) is 12.8. The summed E-state index contributed by atoms with van der Waals surface area (Å²) in [5.41, 5.74) is 5.50. The van der Waals surface area contributed by atoms with E-state index in [0.29, 0.717) is 17.9 Å². The van der Waals surface area contributed by atoms with Gasteiger partial charge in [0.25, 0.3) is 5.91 Å². The number of aromatic amines is 1. The molecule has 1 amide bonds. The fourth-order valence-electron chi connectivity index (χ4n) is 2.78. The molecule has 0 bridgehead atoms. The Morgan fingerprint density at radius 3 is 2.74 bits per heavy atom. The smallest absolute Gasteiger partial charge is 0.253 e. The summed E-state index contributed by atoms with van der Waals surface area (Å²) in [6, 6.07) is 11.8. The molecule has 1 aliphatic rings. The number of nitrogens with zero attached hydrogens (tertiary/aromatic N) is 2. The fourth-order valence-corrected chi connectivity index (χ4v) is 2.78. The van der Waals surface area contributed by atoms with E-state index in [9.17, 15) is 4.79 Å². The van der Waals surface area contributed by atoms with Crippen LogP contribution in [-0.2, 0) is 6.42 Å². The van der Waals surface area contributed by atoms with Crippen molar-refractivity contribution in [3.8, 4) is 22.8 Å². The summed E-state index contributed by atoms with van der Waals surface area (Å²) in [4.78, 5) is 24.2. The average molecular weight is 304 g/mol. The summed E-state index contributed by atoms with van der Waals surface area (Å²) in [6.45, 7) is 2.72. The van der Waals surface area contributed by atoms with Crippen molar-refractivity contribution < 1.29 is 4.79 Å². The van der Waals surface area contributed by atoms with Crippen molar-refractivity contribution >= 4 is 5.91 Å². The molecule has 1 aliphatic heterocycles. The lowest BCUT2D eigenvalue weighted by Gasteiger charge is -2.10. The molecular weight excluding hydrogens is 288 g/mol. The van der Waals surface area contributed by atoms with E-state index in [1.807, 2.05) is 36.4 Å². The highest BCUT2D eigenvalue weighted by Crippen LogP contribution is 2.24. The molecule has 3 aromatic rings. The van der Waals surface area contributed by atoms with E-state index in [4.69, 9.17) is 0 Å². The van der Waals surface area contributed by atoms with Gasteiger partial charge in [0.15, 0.2) is 5.82 Å². The summed E-state index contributed by atoms with van der Waals surface area (Å²) in [7, 11) is 0. The molecule has 0 fully saturated rings. The first-order chi connectivity index (χ1) is 11.2. The van der Waals surface area contributed by atoms with E-state index in [1.54, 1.807) is 6.20 Å². The highest BCUT2D eigenvalue weighted by molar-refractivity contribution is 5.97. The number of hydrogen-bond acceptors (Lipinski definition) is 3. The molecular formula is C18H16N4O. The molecule has 23 heavy (non-hydrogen) atoms. The highest BCUT2D eigenvalue weighted by Gasteiger charge is 2.20. The summed E-state index contributed by atoms with van der Waals surface area (Å²) >= 11 is 0. The Morgan fingerprint density at radius 2 is 1.96 bits per heavy atom. The van der Waals surface area contributed by atoms with Gasteiger partial charge < -0.3 is 10.3 Å². The van der Waals surface area contributed by atoms with Crippen molar-refractivity contribution in [2.45, 2.75) is 13.3 Å². The van der Waals surface area contributed by atoms with Crippen molar-refractivity contribution in [2.24, 2.45) is 0 Å². The molecule has 0 saturated heterocycles. The first-order valence-corrected chi connectivity index (χ1v) is 7.61. The van der Waals surface area contributed by atoms with Gasteiger partial charge in [-0.2, -0.15) is 0 Å². The number of hydrogen-bond donors (Lipinski definition) is 2. The zero-order valence-electron chi connectivity index (χ0n) is 12.8. The number of aromatic nitrogens is 3. The van der Waals surface area contributed by atoms with Crippen LogP contribution in [0.15, 0.2) is 42.6 Å². The zero-order chi connectivity index (χ0) is 15.8. The van der Waals surface area contributed by atoms with Crippen LogP contribution in [0.2, 0.25) is 0 Å². The first-order valence-electron chi connectivity index (χ1n) is 7.61. The number of carbonyl (C=O) groups excluding carboxylic acids is 1. The van der Waals surface area contributed by atoms with Gasteiger partial charge >= 0.3 is 0 Å². The number of fused-ring (bicyclic) bond motifs is 1. The topological polar surface area (TPSA) is 70.7 Å². The number of amides is 1. The van der Waals surface area contributed by atoms with Crippen molar-refractivity contribution in [1.29, 1.82) is 0 Å². The summed E-state index contributed by atoms with van der Waals surface area (Å²) in [6.07, 6.45) is 2.56. The molecule has 3 heterocycles. The van der Waals surface area contributed by atoms with Crippen molar-refractivity contribution in [1.82, 2.24) is 20.3 Å². The maximum atomic E-state index is 11.9. The normalized spacial score (nSPS) is 13.5. The second kappa shape index (κ2) is 5.35. The molecule has 2 aromatic heterocycles. The third-order valence-corrected chi connectivity index (χ3v) is 4.05. The van der Waals surface area contributed by atoms with Crippen LogP contribution in [0.4, 0.5) is 0 Å². The standard InChI is InChI=1S/C18H16N4O/c1-11-2-4-12(5-3-11)17-19-8-7-15(22-17)16-10-13-14(21-16)6-9-20-18(13)23/h2-5,7-8,10,21H,6,9H2,1H3,(H,20,23). The molecule has 2 N–H and O–H groups in total. The van der Waals surface area contributed by atoms with Crippen molar-refractivity contribution in [3.63, 3.8) is 0 Å². The largest absolute Gasteiger partial charge is 0.356 e. The maximum absolute atomic E-state index is 11.9. The van der Waals surface area contributed by atoms with Gasteiger partial charge in [0.1, 0.15) is 0 Å². The van der Waals surface area contributed by atoms with Gasteiger partial charge in [-0.3, -0.25) is 4.79 Å². The van der Waals surface area contributed by atoms with Gasteiger partial charge in [0, 0.05) is 30.4 Å². The number of nitrogens with one attached hydrogen (secondary N) is 2.